The lowest BCUT2D eigenvalue weighted by molar-refractivity contribution is 0.317. The fourth-order valence-electron chi connectivity index (χ4n) is 1.97. The third-order valence-corrected chi connectivity index (χ3v) is 4.97. The van der Waals surface area contributed by atoms with Gasteiger partial charge in [0.2, 0.25) is 10.0 Å². The molecule has 0 bridgehead atoms. The highest BCUT2D eigenvalue weighted by Crippen LogP contribution is 2.24. The second-order valence-electron chi connectivity index (χ2n) is 4.29. The summed E-state index contributed by atoms with van der Waals surface area (Å²) in [6.07, 6.45) is 0.991. The van der Waals surface area contributed by atoms with E-state index in [4.69, 9.17) is 5.73 Å². The summed E-state index contributed by atoms with van der Waals surface area (Å²) in [5, 5.41) is 0. The Balaban J connectivity index is 0.00000180. The molecule has 1 fully saturated rings. The lowest BCUT2D eigenvalue weighted by atomic mass is 10.1. The Bertz CT molecular complexity index is 525. The Labute approximate surface area is 117 Å². The van der Waals surface area contributed by atoms with E-state index in [1.54, 1.807) is 0 Å². The van der Waals surface area contributed by atoms with Crippen molar-refractivity contribution in [3.8, 4) is 0 Å². The number of halogens is 3. The number of sulfonamides is 1. The highest BCUT2D eigenvalue weighted by Gasteiger charge is 2.32. The zero-order valence-corrected chi connectivity index (χ0v) is 11.7. The number of piperidine rings is 1. The molecule has 1 saturated heterocycles. The summed E-state index contributed by atoms with van der Waals surface area (Å²) in [7, 11) is -4.12. The first-order valence-corrected chi connectivity index (χ1v) is 7.06. The summed E-state index contributed by atoms with van der Waals surface area (Å²) >= 11 is 0. The van der Waals surface area contributed by atoms with Crippen molar-refractivity contribution in [1.29, 1.82) is 0 Å². The SMILES string of the molecule is Cl.NC1CCN(S(=O)(=O)c2c(F)cccc2F)CC1. The van der Waals surface area contributed by atoms with Gasteiger partial charge in [0, 0.05) is 19.1 Å². The first-order chi connectivity index (χ1) is 8.43. The average molecular weight is 313 g/mol. The molecule has 2 N–H and O–H groups in total. The lowest BCUT2D eigenvalue weighted by Gasteiger charge is -2.29. The molecule has 0 saturated carbocycles. The number of hydrogen-bond acceptors (Lipinski definition) is 3. The summed E-state index contributed by atoms with van der Waals surface area (Å²) in [4.78, 5) is -0.875. The van der Waals surface area contributed by atoms with Crippen LogP contribution in [0, 0.1) is 11.6 Å². The molecule has 1 heterocycles. The van der Waals surface area contributed by atoms with E-state index in [9.17, 15) is 17.2 Å². The van der Waals surface area contributed by atoms with Gasteiger partial charge in [0.15, 0.2) is 4.90 Å². The van der Waals surface area contributed by atoms with E-state index in [1.807, 2.05) is 0 Å². The van der Waals surface area contributed by atoms with Crippen LogP contribution in [0.15, 0.2) is 23.1 Å². The van der Waals surface area contributed by atoms with Gasteiger partial charge in [-0.05, 0) is 25.0 Å². The van der Waals surface area contributed by atoms with Gasteiger partial charge in [-0.15, -0.1) is 12.4 Å². The van der Waals surface area contributed by atoms with Crippen molar-refractivity contribution >= 4 is 22.4 Å². The van der Waals surface area contributed by atoms with E-state index in [2.05, 4.69) is 0 Å². The minimum atomic E-state index is -4.12. The predicted octanol–water partition coefficient (Wildman–Crippen LogP) is 1.50. The minimum absolute atomic E-state index is 0. The van der Waals surface area contributed by atoms with Crippen molar-refractivity contribution < 1.29 is 17.2 Å². The van der Waals surface area contributed by atoms with Gasteiger partial charge in [-0.3, -0.25) is 0 Å². The van der Waals surface area contributed by atoms with Gasteiger partial charge in [-0.2, -0.15) is 4.31 Å². The molecule has 0 aromatic heterocycles. The van der Waals surface area contributed by atoms with Crippen LogP contribution in [-0.4, -0.2) is 31.9 Å². The van der Waals surface area contributed by atoms with E-state index >= 15 is 0 Å². The quantitative estimate of drug-likeness (QED) is 0.900. The molecule has 0 amide bonds. The van der Waals surface area contributed by atoms with Crippen LogP contribution >= 0.6 is 12.4 Å². The summed E-state index contributed by atoms with van der Waals surface area (Å²) in [6, 6.07) is 2.95. The van der Waals surface area contributed by atoms with Gasteiger partial charge in [0.1, 0.15) is 11.6 Å². The lowest BCUT2D eigenvalue weighted by Crippen LogP contribution is -2.43. The van der Waals surface area contributed by atoms with E-state index < -0.39 is 26.6 Å². The molecule has 8 heteroatoms. The molecule has 0 unspecified atom stereocenters. The van der Waals surface area contributed by atoms with Crippen molar-refractivity contribution in [3.63, 3.8) is 0 Å². The van der Waals surface area contributed by atoms with Crippen LogP contribution in [0.1, 0.15) is 12.8 Å². The number of hydrogen-bond donors (Lipinski definition) is 1. The first kappa shape index (κ1) is 16.3. The average Bonchev–Trinajstić information content (AvgIpc) is 2.29. The fraction of sp³-hybridized carbons (Fsp3) is 0.455. The van der Waals surface area contributed by atoms with Gasteiger partial charge in [0.25, 0.3) is 0 Å². The smallest absolute Gasteiger partial charge is 0.248 e. The van der Waals surface area contributed by atoms with Crippen molar-refractivity contribution in [2.45, 2.75) is 23.8 Å². The third kappa shape index (κ3) is 3.22. The molecule has 1 aliphatic heterocycles. The molecule has 0 atom stereocenters. The standard InChI is InChI=1S/C11H14F2N2O2S.ClH/c12-9-2-1-3-10(13)11(9)18(16,17)15-6-4-8(14)5-7-15;/h1-3,8H,4-7,14H2;1H. The zero-order chi connectivity index (χ0) is 13.3. The van der Waals surface area contributed by atoms with Crippen molar-refractivity contribution in [3.05, 3.63) is 29.8 Å². The van der Waals surface area contributed by atoms with Gasteiger partial charge >= 0.3 is 0 Å². The molecule has 108 valence electrons. The number of nitrogens with zero attached hydrogens (tertiary/aromatic N) is 1. The number of benzene rings is 1. The molecular weight excluding hydrogens is 298 g/mol. The Morgan fingerprint density at radius 3 is 2.11 bits per heavy atom. The van der Waals surface area contributed by atoms with E-state index in [0.29, 0.717) is 12.8 Å². The van der Waals surface area contributed by atoms with Crippen molar-refractivity contribution in [2.75, 3.05) is 13.1 Å². The molecule has 19 heavy (non-hydrogen) atoms. The van der Waals surface area contributed by atoms with Crippen LogP contribution in [0.3, 0.4) is 0 Å². The largest absolute Gasteiger partial charge is 0.328 e. The molecule has 1 aromatic rings. The number of rotatable bonds is 2. The van der Waals surface area contributed by atoms with Gasteiger partial charge in [-0.1, -0.05) is 6.07 Å². The monoisotopic (exact) mass is 312 g/mol. The molecule has 1 aromatic carbocycles. The Morgan fingerprint density at radius 1 is 1.16 bits per heavy atom. The van der Waals surface area contributed by atoms with Gasteiger partial charge in [-0.25, -0.2) is 17.2 Å². The van der Waals surface area contributed by atoms with E-state index in [1.165, 1.54) is 0 Å². The summed E-state index contributed by atoms with van der Waals surface area (Å²) in [5.74, 6) is -2.13. The summed E-state index contributed by atoms with van der Waals surface area (Å²) in [5.41, 5.74) is 5.67. The third-order valence-electron chi connectivity index (χ3n) is 3.02. The van der Waals surface area contributed by atoms with Crippen molar-refractivity contribution in [1.82, 2.24) is 4.31 Å². The summed E-state index contributed by atoms with van der Waals surface area (Å²) in [6.45, 7) is 0.383. The number of nitrogens with two attached hydrogens (primary N) is 1. The molecule has 0 radical (unpaired) electrons. The molecule has 2 rings (SSSR count). The maximum absolute atomic E-state index is 13.5. The molecule has 4 nitrogen and oxygen atoms in total. The molecular formula is C11H15ClF2N2O2S. The van der Waals surface area contributed by atoms with Crippen molar-refractivity contribution in [2.24, 2.45) is 5.73 Å². The highest BCUT2D eigenvalue weighted by molar-refractivity contribution is 7.89. The normalized spacial score (nSPS) is 18.1. The molecule has 0 aliphatic carbocycles. The fourth-order valence-corrected chi connectivity index (χ4v) is 3.55. The maximum Gasteiger partial charge on any atom is 0.248 e. The predicted molar refractivity (Wildman–Crippen MR) is 69.6 cm³/mol. The van der Waals surface area contributed by atoms with Crippen LogP contribution < -0.4 is 5.73 Å². The zero-order valence-electron chi connectivity index (χ0n) is 10.1. The van der Waals surface area contributed by atoms with E-state index in [-0.39, 0.29) is 31.5 Å². The first-order valence-electron chi connectivity index (χ1n) is 5.62. The Kier molecular flexibility index (Phi) is 5.26. The molecule has 1 aliphatic rings. The minimum Gasteiger partial charge on any atom is -0.328 e. The second-order valence-corrected chi connectivity index (χ2v) is 6.17. The topological polar surface area (TPSA) is 63.4 Å². The van der Waals surface area contributed by atoms with Gasteiger partial charge in [0.05, 0.1) is 0 Å². The van der Waals surface area contributed by atoms with Crippen LogP contribution in [0.5, 0.6) is 0 Å². The Morgan fingerprint density at radius 2 is 1.63 bits per heavy atom. The summed E-state index contributed by atoms with van der Waals surface area (Å²) < 4.78 is 52.4. The Hall–Kier alpha value is -0.760. The van der Waals surface area contributed by atoms with Crippen LogP contribution in [0.2, 0.25) is 0 Å². The highest BCUT2D eigenvalue weighted by atomic mass is 35.5. The second kappa shape index (κ2) is 6.13. The van der Waals surface area contributed by atoms with Gasteiger partial charge < -0.3 is 5.73 Å². The van der Waals surface area contributed by atoms with Crippen LogP contribution in [-0.2, 0) is 10.0 Å². The van der Waals surface area contributed by atoms with E-state index in [0.717, 1.165) is 22.5 Å². The molecule has 0 spiro atoms. The van der Waals surface area contributed by atoms with Crippen LogP contribution in [0.4, 0.5) is 8.78 Å². The van der Waals surface area contributed by atoms with Crippen LogP contribution in [0.25, 0.3) is 0 Å². The maximum atomic E-state index is 13.5.